The van der Waals surface area contributed by atoms with Crippen LogP contribution in [0.5, 0.6) is 0 Å². The number of aromatic nitrogens is 1. The fourth-order valence-electron chi connectivity index (χ4n) is 3.38. The van der Waals surface area contributed by atoms with Gasteiger partial charge in [-0.1, -0.05) is 65.4 Å². The van der Waals surface area contributed by atoms with Crippen molar-refractivity contribution in [2.24, 2.45) is 4.99 Å². The lowest BCUT2D eigenvalue weighted by Crippen LogP contribution is -2.36. The predicted molar refractivity (Wildman–Crippen MR) is 123 cm³/mol. The average Bonchev–Trinajstić information content (AvgIpc) is 3.31. The van der Waals surface area contributed by atoms with E-state index in [1.807, 2.05) is 66.7 Å². The van der Waals surface area contributed by atoms with Gasteiger partial charge in [0.1, 0.15) is 5.76 Å². The highest BCUT2D eigenvalue weighted by Gasteiger charge is 2.22. The van der Waals surface area contributed by atoms with Gasteiger partial charge in [0.25, 0.3) is 5.56 Å². The minimum Gasteiger partial charge on any atom is -0.450 e. The van der Waals surface area contributed by atoms with Crippen LogP contribution in [0.2, 0.25) is 5.02 Å². The Bertz CT molecular complexity index is 1430. The summed E-state index contributed by atoms with van der Waals surface area (Å²) in [6, 6.07) is 20.9. The zero-order chi connectivity index (χ0) is 20.7. The normalized spacial score (nSPS) is 16.1. The number of thiazole rings is 1. The van der Waals surface area contributed by atoms with Crippen LogP contribution in [0, 0.1) is 0 Å². The van der Waals surface area contributed by atoms with Crippen molar-refractivity contribution < 1.29 is 4.42 Å². The van der Waals surface area contributed by atoms with Crippen molar-refractivity contribution in [1.29, 1.82) is 0 Å². The highest BCUT2D eigenvalue weighted by molar-refractivity contribution is 9.10. The first kappa shape index (κ1) is 19.3. The number of nitrogens with zero attached hydrogens (tertiary/aromatic N) is 2. The van der Waals surface area contributed by atoms with E-state index in [2.05, 4.69) is 15.9 Å². The summed E-state index contributed by atoms with van der Waals surface area (Å²) in [7, 11) is 0. The zero-order valence-electron chi connectivity index (χ0n) is 15.5. The number of allylic oxidation sites excluding steroid dienone is 1. The van der Waals surface area contributed by atoms with Gasteiger partial charge in [0, 0.05) is 11.1 Å². The molecule has 0 bridgehead atoms. The molecule has 4 aromatic rings. The molecule has 0 saturated carbocycles. The van der Waals surface area contributed by atoms with Gasteiger partial charge in [-0.25, -0.2) is 4.99 Å². The first-order valence-electron chi connectivity index (χ1n) is 9.18. The third-order valence-corrected chi connectivity index (χ3v) is 6.46. The Morgan fingerprint density at radius 1 is 1.07 bits per heavy atom. The van der Waals surface area contributed by atoms with Crippen LogP contribution >= 0.6 is 38.9 Å². The minimum absolute atomic E-state index is 0.102. The molecular weight excluding hydrogens is 484 g/mol. The number of hydrogen-bond acceptors (Lipinski definition) is 4. The average molecular weight is 498 g/mol. The fourth-order valence-corrected chi connectivity index (χ4v) is 4.83. The maximum absolute atomic E-state index is 13.3. The zero-order valence-corrected chi connectivity index (χ0v) is 18.6. The Morgan fingerprint density at radius 3 is 2.53 bits per heavy atom. The maximum Gasteiger partial charge on any atom is 0.271 e. The summed E-state index contributed by atoms with van der Waals surface area (Å²) < 4.78 is 8.46. The molecule has 148 valence electrons. The van der Waals surface area contributed by atoms with Crippen molar-refractivity contribution in [3.05, 3.63) is 119 Å². The first-order chi connectivity index (χ1) is 14.6. The van der Waals surface area contributed by atoms with Crippen molar-refractivity contribution in [2.75, 3.05) is 0 Å². The molecular formula is C23H14BrClN2O2S. The van der Waals surface area contributed by atoms with Crippen LogP contribution in [0.15, 0.2) is 91.7 Å². The standard InChI is InChI=1S/C23H14BrClN2O2S/c24-21-11-10-17(29-21)12-20-22(28)27-19(15-6-8-16(25)9-7-15)13-18(26-23(27)30-20)14-4-2-1-3-5-14/h1-13,19H. The number of fused-ring (bicyclic) bond motifs is 1. The summed E-state index contributed by atoms with van der Waals surface area (Å²) in [5.74, 6) is 0.609. The smallest absolute Gasteiger partial charge is 0.271 e. The third-order valence-electron chi connectivity index (χ3n) is 4.80. The predicted octanol–water partition coefficient (Wildman–Crippen LogP) is 5.01. The molecule has 1 aliphatic rings. The second kappa shape index (κ2) is 7.87. The molecule has 3 heterocycles. The molecule has 1 aliphatic heterocycles. The Labute approximate surface area is 189 Å². The van der Waals surface area contributed by atoms with Crippen LogP contribution in [0.3, 0.4) is 0 Å². The molecule has 2 aromatic heterocycles. The van der Waals surface area contributed by atoms with Gasteiger partial charge in [-0.3, -0.25) is 9.36 Å². The minimum atomic E-state index is -0.279. The van der Waals surface area contributed by atoms with Gasteiger partial charge in [0.05, 0.1) is 16.3 Å². The Hall–Kier alpha value is -2.67. The van der Waals surface area contributed by atoms with Gasteiger partial charge >= 0.3 is 0 Å². The summed E-state index contributed by atoms with van der Waals surface area (Å²) in [6.45, 7) is 0. The van der Waals surface area contributed by atoms with Gasteiger partial charge in [-0.05, 0) is 57.4 Å². The fraction of sp³-hybridized carbons (Fsp3) is 0.0435. The van der Waals surface area contributed by atoms with Crippen molar-refractivity contribution in [2.45, 2.75) is 6.04 Å². The number of furan rings is 1. The molecule has 1 unspecified atom stereocenters. The molecule has 30 heavy (non-hydrogen) atoms. The van der Waals surface area contributed by atoms with Crippen molar-refractivity contribution in [3.63, 3.8) is 0 Å². The van der Waals surface area contributed by atoms with E-state index in [9.17, 15) is 4.79 Å². The number of hydrogen-bond donors (Lipinski definition) is 0. The van der Waals surface area contributed by atoms with Gasteiger partial charge in [-0.15, -0.1) is 0 Å². The van der Waals surface area contributed by atoms with Gasteiger partial charge in [0.15, 0.2) is 9.47 Å². The molecule has 0 aliphatic carbocycles. The summed E-state index contributed by atoms with van der Waals surface area (Å²) in [4.78, 5) is 18.7. The molecule has 7 heteroatoms. The van der Waals surface area contributed by atoms with Crippen LogP contribution in [-0.4, -0.2) is 4.57 Å². The highest BCUT2D eigenvalue weighted by atomic mass is 79.9. The second-order valence-corrected chi connectivity index (χ2v) is 8.96. The molecule has 1 atom stereocenters. The quantitative estimate of drug-likeness (QED) is 0.399. The van der Waals surface area contributed by atoms with Crippen LogP contribution in [0.1, 0.15) is 22.9 Å². The van der Waals surface area contributed by atoms with Crippen molar-refractivity contribution >= 4 is 50.6 Å². The summed E-state index contributed by atoms with van der Waals surface area (Å²) in [6.07, 6.45) is 3.77. The van der Waals surface area contributed by atoms with E-state index in [-0.39, 0.29) is 11.6 Å². The lowest BCUT2D eigenvalue weighted by Gasteiger charge is -2.19. The van der Waals surface area contributed by atoms with E-state index in [1.165, 1.54) is 11.3 Å². The summed E-state index contributed by atoms with van der Waals surface area (Å²) in [5.41, 5.74) is 2.71. The number of halogens is 2. The van der Waals surface area contributed by atoms with Gasteiger partial charge in [-0.2, -0.15) is 0 Å². The van der Waals surface area contributed by atoms with Crippen LogP contribution in [0.25, 0.3) is 11.8 Å². The molecule has 2 aromatic carbocycles. The van der Waals surface area contributed by atoms with Crippen LogP contribution < -0.4 is 14.9 Å². The summed E-state index contributed by atoms with van der Waals surface area (Å²) >= 11 is 10.7. The highest BCUT2D eigenvalue weighted by Crippen LogP contribution is 2.27. The maximum atomic E-state index is 13.3. The van der Waals surface area contributed by atoms with E-state index in [0.717, 1.165) is 16.8 Å². The summed E-state index contributed by atoms with van der Waals surface area (Å²) in [5, 5.41) is 0.654. The molecule has 5 rings (SSSR count). The topological polar surface area (TPSA) is 47.5 Å². The molecule has 0 fully saturated rings. The lowest BCUT2D eigenvalue weighted by atomic mass is 10.0. The van der Waals surface area contributed by atoms with E-state index >= 15 is 0 Å². The van der Waals surface area contributed by atoms with Crippen molar-refractivity contribution in [3.8, 4) is 0 Å². The molecule has 0 radical (unpaired) electrons. The first-order valence-corrected chi connectivity index (χ1v) is 11.2. The number of rotatable bonds is 3. The molecule has 0 amide bonds. The molecule has 0 spiro atoms. The lowest BCUT2D eigenvalue weighted by molar-refractivity contribution is 0.531. The van der Waals surface area contributed by atoms with Crippen LogP contribution in [0.4, 0.5) is 0 Å². The van der Waals surface area contributed by atoms with Crippen molar-refractivity contribution in [1.82, 2.24) is 4.57 Å². The van der Waals surface area contributed by atoms with Crippen LogP contribution in [-0.2, 0) is 0 Å². The largest absolute Gasteiger partial charge is 0.450 e. The monoisotopic (exact) mass is 496 g/mol. The van der Waals surface area contributed by atoms with E-state index < -0.39 is 0 Å². The molecule has 4 nitrogen and oxygen atoms in total. The van der Waals surface area contributed by atoms with Gasteiger partial charge in [0.2, 0.25) is 0 Å². The van der Waals surface area contributed by atoms with E-state index in [0.29, 0.717) is 24.8 Å². The van der Waals surface area contributed by atoms with Gasteiger partial charge < -0.3 is 4.42 Å². The SMILES string of the molecule is O=c1c(=Cc2ccc(Br)o2)sc2n1C(c1ccc(Cl)cc1)C=C(c1ccccc1)N=2. The third kappa shape index (κ3) is 3.62. The molecule has 0 N–H and O–H groups in total. The Kier molecular flexibility index (Phi) is 5.06. The number of benzene rings is 2. The Morgan fingerprint density at radius 2 is 1.83 bits per heavy atom. The second-order valence-electron chi connectivity index (χ2n) is 6.74. The Balaban J connectivity index is 1.73. The van der Waals surface area contributed by atoms with E-state index in [4.69, 9.17) is 21.0 Å². The van der Waals surface area contributed by atoms with E-state index in [1.54, 1.807) is 16.7 Å². The molecule has 0 saturated heterocycles.